The van der Waals surface area contributed by atoms with Gasteiger partial charge in [0.2, 0.25) is 0 Å². The minimum Gasteiger partial charge on any atom is -0.489 e. The Labute approximate surface area is 198 Å². The molecule has 1 aromatic carbocycles. The maximum absolute atomic E-state index is 11.9. The fraction of sp³-hybridized carbons (Fsp3) is 0.607. The predicted molar refractivity (Wildman–Crippen MR) is 129 cm³/mol. The summed E-state index contributed by atoms with van der Waals surface area (Å²) in [6.45, 7) is 4.88. The van der Waals surface area contributed by atoms with Gasteiger partial charge in [-0.3, -0.25) is 4.79 Å². The number of aliphatic hydroxyl groups excluding tert-OH is 1. The third kappa shape index (κ3) is 6.85. The monoisotopic (exact) mass is 454 g/mol. The highest BCUT2D eigenvalue weighted by molar-refractivity contribution is 5.69. The smallest absolute Gasteiger partial charge is 0.305 e. The van der Waals surface area contributed by atoms with Gasteiger partial charge in [-0.25, -0.2) is 0 Å². The van der Waals surface area contributed by atoms with E-state index in [1.54, 1.807) is 7.11 Å². The number of hydrogen-bond acceptors (Lipinski definition) is 5. The summed E-state index contributed by atoms with van der Waals surface area (Å²) < 4.78 is 16.6. The lowest BCUT2D eigenvalue weighted by atomic mass is 9.86. The SMILES string of the molecule is CC#CCC(C)C(O)/C=C/C1CCC2Oc3c(CCCC(=O)OCCCOC)cccc3C12. The number of benzene rings is 1. The van der Waals surface area contributed by atoms with E-state index in [-0.39, 0.29) is 18.0 Å². The van der Waals surface area contributed by atoms with Crippen LogP contribution in [0.4, 0.5) is 0 Å². The molecule has 0 radical (unpaired) electrons. The van der Waals surface area contributed by atoms with E-state index >= 15 is 0 Å². The minimum absolute atomic E-state index is 0.122. The van der Waals surface area contributed by atoms with Crippen LogP contribution in [0.3, 0.4) is 0 Å². The summed E-state index contributed by atoms with van der Waals surface area (Å²) in [7, 11) is 1.64. The van der Waals surface area contributed by atoms with E-state index in [0.29, 0.717) is 37.9 Å². The minimum atomic E-state index is -0.479. The standard InChI is InChI=1S/C28H38O5/c1-4-5-9-20(2)24(29)16-14-21-15-17-25-27(21)23-12-6-10-22(28(23)33-25)11-7-13-26(30)32-19-8-18-31-3/h6,10,12,14,16,20-21,24-25,27,29H,7-9,11,13,15,17-19H2,1-3H3/b16-14+. The number of aliphatic hydroxyl groups is 1. The largest absolute Gasteiger partial charge is 0.489 e. The van der Waals surface area contributed by atoms with Crippen molar-refractivity contribution in [2.24, 2.45) is 11.8 Å². The number of rotatable bonds is 12. The quantitative estimate of drug-likeness (QED) is 0.213. The van der Waals surface area contributed by atoms with E-state index in [1.807, 2.05) is 19.9 Å². The molecule has 5 nitrogen and oxygen atoms in total. The first-order valence-electron chi connectivity index (χ1n) is 12.2. The molecule has 1 N–H and O–H groups in total. The Kier molecular flexibility index (Phi) is 9.84. The Morgan fingerprint density at radius 3 is 2.94 bits per heavy atom. The van der Waals surface area contributed by atoms with E-state index < -0.39 is 6.10 Å². The molecule has 5 unspecified atom stereocenters. The zero-order valence-corrected chi connectivity index (χ0v) is 20.2. The highest BCUT2D eigenvalue weighted by Gasteiger charge is 2.44. The number of ether oxygens (including phenoxy) is 3. The van der Waals surface area contributed by atoms with Gasteiger partial charge < -0.3 is 19.3 Å². The molecule has 0 spiro atoms. The van der Waals surface area contributed by atoms with Crippen molar-refractivity contribution in [1.29, 1.82) is 0 Å². The highest BCUT2D eigenvalue weighted by atomic mass is 16.5. The molecule has 3 rings (SSSR count). The van der Waals surface area contributed by atoms with E-state index in [0.717, 1.165) is 37.9 Å². The number of aryl methyl sites for hydroxylation is 1. The van der Waals surface area contributed by atoms with Crippen molar-refractivity contribution in [2.45, 2.75) is 76.9 Å². The van der Waals surface area contributed by atoms with Gasteiger partial charge in [0, 0.05) is 44.5 Å². The Bertz CT molecular complexity index is 865. The van der Waals surface area contributed by atoms with E-state index in [2.05, 4.69) is 36.1 Å². The van der Waals surface area contributed by atoms with Crippen molar-refractivity contribution in [3.63, 3.8) is 0 Å². The number of methoxy groups -OCH3 is 1. The van der Waals surface area contributed by atoms with Crippen molar-refractivity contribution in [3.05, 3.63) is 41.5 Å². The average molecular weight is 455 g/mol. The molecule has 1 saturated carbocycles. The second kappa shape index (κ2) is 12.8. The van der Waals surface area contributed by atoms with Gasteiger partial charge in [-0.2, -0.15) is 0 Å². The lowest BCUT2D eigenvalue weighted by Crippen LogP contribution is -2.17. The van der Waals surface area contributed by atoms with Crippen LogP contribution >= 0.6 is 0 Å². The molecule has 5 atom stereocenters. The summed E-state index contributed by atoms with van der Waals surface area (Å²) in [5.41, 5.74) is 2.44. The second-order valence-corrected chi connectivity index (χ2v) is 9.16. The Morgan fingerprint density at radius 2 is 2.15 bits per heavy atom. The fourth-order valence-corrected chi connectivity index (χ4v) is 4.84. The molecule has 0 bridgehead atoms. The molecule has 0 amide bonds. The van der Waals surface area contributed by atoms with Crippen LogP contribution in [0.15, 0.2) is 30.4 Å². The molecule has 5 heteroatoms. The first kappa shape index (κ1) is 25.3. The zero-order valence-electron chi connectivity index (χ0n) is 20.2. The predicted octanol–water partition coefficient (Wildman–Crippen LogP) is 4.81. The van der Waals surface area contributed by atoms with Gasteiger partial charge >= 0.3 is 5.97 Å². The van der Waals surface area contributed by atoms with Crippen molar-refractivity contribution in [1.82, 2.24) is 0 Å². The van der Waals surface area contributed by atoms with Gasteiger partial charge in [0.05, 0.1) is 12.7 Å². The first-order valence-corrected chi connectivity index (χ1v) is 12.2. The van der Waals surface area contributed by atoms with Crippen molar-refractivity contribution < 1.29 is 24.1 Å². The topological polar surface area (TPSA) is 65.0 Å². The Morgan fingerprint density at radius 1 is 1.30 bits per heavy atom. The number of esters is 1. The number of carbonyl (C=O) groups is 1. The maximum Gasteiger partial charge on any atom is 0.305 e. The lowest BCUT2D eigenvalue weighted by Gasteiger charge is -2.17. The lowest BCUT2D eigenvalue weighted by molar-refractivity contribution is -0.144. The van der Waals surface area contributed by atoms with Gasteiger partial charge in [-0.05, 0) is 50.0 Å². The third-order valence-corrected chi connectivity index (χ3v) is 6.72. The average Bonchev–Trinajstić information content (AvgIpc) is 3.39. The molecular weight excluding hydrogens is 416 g/mol. The van der Waals surface area contributed by atoms with Crippen LogP contribution in [0.2, 0.25) is 0 Å². The van der Waals surface area contributed by atoms with Gasteiger partial charge in [-0.15, -0.1) is 11.8 Å². The number of carbonyl (C=O) groups excluding carboxylic acids is 1. The summed E-state index contributed by atoms with van der Waals surface area (Å²) in [5.74, 6) is 7.63. The van der Waals surface area contributed by atoms with Gasteiger partial charge in [0.15, 0.2) is 0 Å². The highest BCUT2D eigenvalue weighted by Crippen LogP contribution is 2.51. The normalized spacial score (nSPS) is 22.7. The van der Waals surface area contributed by atoms with Crippen LogP contribution in [-0.4, -0.2) is 43.6 Å². The van der Waals surface area contributed by atoms with Crippen LogP contribution in [-0.2, 0) is 20.7 Å². The summed E-state index contributed by atoms with van der Waals surface area (Å²) in [4.78, 5) is 11.9. The van der Waals surface area contributed by atoms with E-state index in [4.69, 9.17) is 14.2 Å². The molecule has 1 fully saturated rings. The molecular formula is C28H38O5. The first-order chi connectivity index (χ1) is 16.0. The molecule has 1 aromatic rings. The fourth-order valence-electron chi connectivity index (χ4n) is 4.84. The Balaban J connectivity index is 1.56. The van der Waals surface area contributed by atoms with E-state index in [1.165, 1.54) is 11.1 Å². The number of para-hydroxylation sites is 1. The zero-order chi connectivity index (χ0) is 23.6. The van der Waals surface area contributed by atoms with E-state index in [9.17, 15) is 9.90 Å². The van der Waals surface area contributed by atoms with Gasteiger partial charge in [0.25, 0.3) is 0 Å². The van der Waals surface area contributed by atoms with Crippen LogP contribution in [0.1, 0.15) is 69.4 Å². The van der Waals surface area contributed by atoms with Crippen LogP contribution < -0.4 is 4.74 Å². The second-order valence-electron chi connectivity index (χ2n) is 9.16. The van der Waals surface area contributed by atoms with Crippen molar-refractivity contribution in [3.8, 4) is 17.6 Å². The summed E-state index contributed by atoms with van der Waals surface area (Å²) in [6, 6.07) is 6.38. The van der Waals surface area contributed by atoms with Crippen molar-refractivity contribution >= 4 is 5.97 Å². The molecule has 1 aliphatic carbocycles. The molecule has 0 aromatic heterocycles. The molecule has 33 heavy (non-hydrogen) atoms. The number of hydrogen-bond donors (Lipinski definition) is 1. The summed E-state index contributed by atoms with van der Waals surface area (Å²) >= 11 is 0. The molecule has 2 aliphatic rings. The summed E-state index contributed by atoms with van der Waals surface area (Å²) in [6.07, 6.45) is 9.33. The van der Waals surface area contributed by atoms with Crippen molar-refractivity contribution in [2.75, 3.05) is 20.3 Å². The van der Waals surface area contributed by atoms with Gasteiger partial charge in [0.1, 0.15) is 11.9 Å². The number of allylic oxidation sites excluding steroid dienone is 1. The third-order valence-electron chi connectivity index (χ3n) is 6.72. The molecule has 1 heterocycles. The molecule has 0 saturated heterocycles. The molecule has 1 aliphatic heterocycles. The summed E-state index contributed by atoms with van der Waals surface area (Å²) in [5, 5.41) is 10.5. The van der Waals surface area contributed by atoms with Gasteiger partial charge in [-0.1, -0.05) is 37.3 Å². The van der Waals surface area contributed by atoms with Crippen LogP contribution in [0.5, 0.6) is 5.75 Å². The van der Waals surface area contributed by atoms with Crippen LogP contribution in [0, 0.1) is 23.7 Å². The van der Waals surface area contributed by atoms with Crippen LogP contribution in [0.25, 0.3) is 0 Å². The molecule has 180 valence electrons. The Hall–Kier alpha value is -2.29. The number of fused-ring (bicyclic) bond motifs is 3. The maximum atomic E-state index is 11.9.